The van der Waals surface area contributed by atoms with Crippen LogP contribution in [0.25, 0.3) is 0 Å². The van der Waals surface area contributed by atoms with Crippen LogP contribution in [-0.2, 0) is 22.4 Å². The van der Waals surface area contributed by atoms with Gasteiger partial charge in [-0.3, -0.25) is 23.5 Å². The SMILES string of the molecule is F.F.F.F.F.[Ta]. The number of hydrogen-bond acceptors (Lipinski definition) is 0. The Morgan fingerprint density at radius 1 is 0.333 bits per heavy atom. The maximum Gasteiger partial charge on any atom is 0 e. The quantitative estimate of drug-likeness (QED) is 0.575. The van der Waals surface area contributed by atoms with Crippen LogP contribution in [0, 0.1) is 0 Å². The molecule has 1 radical (unpaired) electrons. The fraction of sp³-hybridized carbons (Fsp3) is 0. The minimum atomic E-state index is 0. The summed E-state index contributed by atoms with van der Waals surface area (Å²) in [5.74, 6) is 0. The van der Waals surface area contributed by atoms with Crippen molar-refractivity contribution in [3.8, 4) is 0 Å². The molecule has 6 heteroatoms. The zero-order valence-corrected chi connectivity index (χ0v) is 5.70. The van der Waals surface area contributed by atoms with E-state index in [9.17, 15) is 0 Å². The van der Waals surface area contributed by atoms with Crippen molar-refractivity contribution in [2.24, 2.45) is 0 Å². The Labute approximate surface area is 46.6 Å². The molecule has 0 aromatic carbocycles. The minimum absolute atomic E-state index is 0. The molecule has 0 rings (SSSR count). The predicted octanol–water partition coefficient (Wildman–Crippen LogP) is 0.760. The number of halogens is 5. The van der Waals surface area contributed by atoms with Gasteiger partial charge in [0.2, 0.25) is 0 Å². The van der Waals surface area contributed by atoms with Gasteiger partial charge in [0.15, 0.2) is 0 Å². The van der Waals surface area contributed by atoms with Gasteiger partial charge in [0.05, 0.1) is 0 Å². The van der Waals surface area contributed by atoms with Gasteiger partial charge < -0.3 is 0 Å². The molecule has 0 unspecified atom stereocenters. The van der Waals surface area contributed by atoms with Crippen LogP contribution in [0.5, 0.6) is 0 Å². The normalized spacial score (nSPS) is 0. The van der Waals surface area contributed by atoms with Gasteiger partial charge in [-0.2, -0.15) is 0 Å². The second kappa shape index (κ2) is 682. The summed E-state index contributed by atoms with van der Waals surface area (Å²) < 4.78 is 0. The van der Waals surface area contributed by atoms with Crippen molar-refractivity contribution in [1.82, 2.24) is 0 Å². The third-order valence-electron chi connectivity index (χ3n) is 0. The van der Waals surface area contributed by atoms with E-state index in [4.69, 9.17) is 0 Å². The topological polar surface area (TPSA) is 0 Å². The van der Waals surface area contributed by atoms with Crippen LogP contribution in [0.2, 0.25) is 0 Å². The molecule has 0 heterocycles. The van der Waals surface area contributed by atoms with Crippen LogP contribution in [-0.4, -0.2) is 0 Å². The van der Waals surface area contributed by atoms with Crippen molar-refractivity contribution in [2.45, 2.75) is 0 Å². The summed E-state index contributed by atoms with van der Waals surface area (Å²) in [6.07, 6.45) is 0. The molecule has 0 aromatic rings. The Hall–Kier alpha value is 0.390. The van der Waals surface area contributed by atoms with E-state index in [-0.39, 0.29) is 45.9 Å². The second-order valence-electron chi connectivity index (χ2n) is 0. The maximum absolute atomic E-state index is 0. The van der Waals surface area contributed by atoms with Crippen molar-refractivity contribution >= 4 is 0 Å². The monoisotopic (exact) mass is 281 g/mol. The molecule has 6 heavy (non-hydrogen) atoms. The van der Waals surface area contributed by atoms with Gasteiger partial charge in [-0.1, -0.05) is 0 Å². The van der Waals surface area contributed by atoms with Gasteiger partial charge >= 0.3 is 0 Å². The summed E-state index contributed by atoms with van der Waals surface area (Å²) in [5, 5.41) is 0. The average Bonchev–Trinajstić information content (AvgIpc) is 0. The summed E-state index contributed by atoms with van der Waals surface area (Å²) in [6, 6.07) is 0. The predicted molar refractivity (Wildman–Crippen MR) is 12.5 cm³/mol. The van der Waals surface area contributed by atoms with Crippen LogP contribution in [0.4, 0.5) is 23.5 Å². The zero-order chi connectivity index (χ0) is 0. The van der Waals surface area contributed by atoms with E-state index in [0.717, 1.165) is 0 Å². The zero-order valence-electron chi connectivity index (χ0n) is 2.49. The summed E-state index contributed by atoms with van der Waals surface area (Å²) in [4.78, 5) is 0. The van der Waals surface area contributed by atoms with E-state index in [0.29, 0.717) is 0 Å². The molecular formula is H5F5Ta. The number of hydrogen-bond donors (Lipinski definition) is 0. The molecule has 0 nitrogen and oxygen atoms in total. The van der Waals surface area contributed by atoms with E-state index in [2.05, 4.69) is 0 Å². The first-order valence-corrected chi connectivity index (χ1v) is 0. The molecular weight excluding hydrogens is 276 g/mol. The summed E-state index contributed by atoms with van der Waals surface area (Å²) in [5.41, 5.74) is 0. The Morgan fingerprint density at radius 2 is 0.333 bits per heavy atom. The third-order valence-corrected chi connectivity index (χ3v) is 0. The van der Waals surface area contributed by atoms with Crippen molar-refractivity contribution < 1.29 is 45.9 Å². The molecule has 0 atom stereocenters. The molecule has 0 fully saturated rings. The Morgan fingerprint density at radius 3 is 0.333 bits per heavy atom. The van der Waals surface area contributed by atoms with Gasteiger partial charge in [0.1, 0.15) is 0 Å². The van der Waals surface area contributed by atoms with Crippen LogP contribution in [0.15, 0.2) is 0 Å². The summed E-state index contributed by atoms with van der Waals surface area (Å²) >= 11 is 0. The fourth-order valence-electron chi connectivity index (χ4n) is 0. The molecule has 0 aliphatic rings. The molecule has 0 aromatic heterocycles. The molecule has 0 aliphatic carbocycles. The van der Waals surface area contributed by atoms with Crippen molar-refractivity contribution in [2.75, 3.05) is 0 Å². The molecule has 0 saturated carbocycles. The van der Waals surface area contributed by atoms with Crippen LogP contribution >= 0.6 is 0 Å². The number of rotatable bonds is 0. The summed E-state index contributed by atoms with van der Waals surface area (Å²) in [7, 11) is 0. The van der Waals surface area contributed by atoms with Gasteiger partial charge in [0.25, 0.3) is 0 Å². The fourth-order valence-corrected chi connectivity index (χ4v) is 0. The molecule has 45 valence electrons. The van der Waals surface area contributed by atoms with E-state index in [1.165, 1.54) is 0 Å². The van der Waals surface area contributed by atoms with Gasteiger partial charge in [0, 0.05) is 22.4 Å². The smallest absolute Gasteiger partial charge is 0 e. The molecule has 0 amide bonds. The van der Waals surface area contributed by atoms with Crippen molar-refractivity contribution in [1.29, 1.82) is 0 Å². The largest absolute Gasteiger partial charge is 0.269 e. The Kier molecular flexibility index (Phi) is 139000. The third kappa shape index (κ3) is 331. The van der Waals surface area contributed by atoms with Gasteiger partial charge in [-0.15, -0.1) is 0 Å². The first-order valence-electron chi connectivity index (χ1n) is 0. The van der Waals surface area contributed by atoms with Crippen molar-refractivity contribution in [3.05, 3.63) is 0 Å². The van der Waals surface area contributed by atoms with Crippen LogP contribution in [0.3, 0.4) is 0 Å². The second-order valence-corrected chi connectivity index (χ2v) is 0. The standard InChI is InChI=1S/5FH.Ta/h5*1H;. The average molecular weight is 281 g/mol. The van der Waals surface area contributed by atoms with E-state index >= 15 is 0 Å². The molecule has 0 bridgehead atoms. The van der Waals surface area contributed by atoms with Crippen LogP contribution in [0.1, 0.15) is 0 Å². The first kappa shape index (κ1) is 1220. The summed E-state index contributed by atoms with van der Waals surface area (Å²) in [6.45, 7) is 0. The molecule has 0 saturated heterocycles. The molecule has 0 N–H and O–H groups in total. The van der Waals surface area contributed by atoms with Crippen molar-refractivity contribution in [3.63, 3.8) is 0 Å². The van der Waals surface area contributed by atoms with E-state index < -0.39 is 0 Å². The maximum atomic E-state index is 0. The van der Waals surface area contributed by atoms with Crippen LogP contribution < -0.4 is 0 Å². The van der Waals surface area contributed by atoms with Gasteiger partial charge in [-0.25, -0.2) is 0 Å². The molecule has 0 spiro atoms. The van der Waals surface area contributed by atoms with Gasteiger partial charge in [-0.05, 0) is 0 Å². The van der Waals surface area contributed by atoms with E-state index in [1.54, 1.807) is 0 Å². The minimum Gasteiger partial charge on any atom is -0.269 e. The Bertz CT molecular complexity index is 3.90. The first-order chi connectivity index (χ1) is 0. The molecule has 0 aliphatic heterocycles. The Balaban J connectivity index is 0. The van der Waals surface area contributed by atoms with E-state index in [1.807, 2.05) is 0 Å².